The number of pyridine rings is 1. The predicted octanol–water partition coefficient (Wildman–Crippen LogP) is 5.73. The molecule has 1 amide bonds. The Morgan fingerprint density at radius 3 is 2.51 bits per heavy atom. The highest BCUT2D eigenvalue weighted by Gasteiger charge is 2.61. The fraction of sp³-hybridized carbons (Fsp3) is 0.618. The summed E-state index contributed by atoms with van der Waals surface area (Å²) in [5.41, 5.74) is -1.74. The predicted molar refractivity (Wildman–Crippen MR) is 160 cm³/mol. The van der Waals surface area contributed by atoms with Gasteiger partial charge in [-0.3, -0.25) is 19.2 Å². The summed E-state index contributed by atoms with van der Waals surface area (Å²) >= 11 is 0. The summed E-state index contributed by atoms with van der Waals surface area (Å²) in [7, 11) is 0. The lowest BCUT2D eigenvalue weighted by Gasteiger charge is -2.29. The summed E-state index contributed by atoms with van der Waals surface area (Å²) in [4.78, 5) is 59.4. The topological polar surface area (TPSA) is 123 Å². The molecule has 1 aromatic heterocycles. The molecule has 0 bridgehead atoms. The van der Waals surface area contributed by atoms with Crippen molar-refractivity contribution in [3.8, 4) is 5.88 Å². The summed E-state index contributed by atoms with van der Waals surface area (Å²) in [6.45, 7) is 5.55. The molecule has 43 heavy (non-hydrogen) atoms. The summed E-state index contributed by atoms with van der Waals surface area (Å²) in [5, 5.41) is 12.0. The molecule has 3 heterocycles. The molecular weight excluding hydrogens is 548 g/mol. The quantitative estimate of drug-likeness (QED) is 0.437. The Balaban J connectivity index is 1.43. The number of carbonyl (C=O) groups excluding carboxylic acids is 3. The van der Waals surface area contributed by atoms with Gasteiger partial charge in [-0.1, -0.05) is 50.3 Å². The minimum Gasteiger partial charge on any atom is -0.481 e. The highest BCUT2D eigenvalue weighted by Crippen LogP contribution is 2.58. The Bertz CT molecular complexity index is 1360. The van der Waals surface area contributed by atoms with Crippen LogP contribution >= 0.6 is 0 Å². The third kappa shape index (κ3) is 7.19. The Hall–Kier alpha value is -3.49. The second-order valence-corrected chi connectivity index (χ2v) is 13.7. The number of carbonyl (C=O) groups is 4. The smallest absolute Gasteiger partial charge is 0.310 e. The SMILES string of the molecule is CC(C)(C)OC(=O)C[C@H]1CCCCCCC[C@@H]2C[C@@]2(C(=O)O)CC(=O)[C@@H]2C[C@@H](Oc3nccc4ccccc34)CN2C1=O. The molecule has 2 saturated heterocycles. The van der Waals surface area contributed by atoms with Gasteiger partial charge in [-0.2, -0.15) is 0 Å². The Morgan fingerprint density at radius 1 is 1.05 bits per heavy atom. The molecule has 9 nitrogen and oxygen atoms in total. The normalized spacial score (nSPS) is 28.8. The molecule has 0 spiro atoms. The number of aromatic nitrogens is 1. The maximum absolute atomic E-state index is 14.2. The first-order valence-electron chi connectivity index (χ1n) is 15.8. The molecule has 1 N–H and O–H groups in total. The highest BCUT2D eigenvalue weighted by atomic mass is 16.6. The van der Waals surface area contributed by atoms with Crippen molar-refractivity contribution in [1.29, 1.82) is 0 Å². The fourth-order valence-corrected chi connectivity index (χ4v) is 6.96. The van der Waals surface area contributed by atoms with E-state index < -0.39 is 41.0 Å². The van der Waals surface area contributed by atoms with Crippen LogP contribution in [0, 0.1) is 17.3 Å². The molecule has 5 atom stereocenters. The first-order chi connectivity index (χ1) is 20.5. The van der Waals surface area contributed by atoms with E-state index in [1.54, 1.807) is 31.9 Å². The number of Topliss-reactive ketones (excluding diaryl/α,β-unsaturated/α-hetero) is 1. The van der Waals surface area contributed by atoms with Gasteiger partial charge < -0.3 is 19.5 Å². The number of amides is 1. The number of aliphatic carboxylic acids is 1. The van der Waals surface area contributed by atoms with Crippen molar-refractivity contribution in [3.05, 3.63) is 36.5 Å². The second kappa shape index (κ2) is 12.6. The van der Waals surface area contributed by atoms with Crippen LogP contribution in [0.15, 0.2) is 36.5 Å². The highest BCUT2D eigenvalue weighted by molar-refractivity contribution is 5.95. The van der Waals surface area contributed by atoms with Crippen LogP contribution in [0.5, 0.6) is 5.88 Å². The average Bonchev–Trinajstić information content (AvgIpc) is 3.48. The van der Waals surface area contributed by atoms with E-state index in [0.29, 0.717) is 18.7 Å². The number of hydrogen-bond acceptors (Lipinski definition) is 7. The molecule has 3 fully saturated rings. The van der Waals surface area contributed by atoms with Crippen LogP contribution in [-0.4, -0.2) is 62.9 Å². The molecule has 3 aliphatic rings. The van der Waals surface area contributed by atoms with Crippen molar-refractivity contribution >= 4 is 34.4 Å². The third-order valence-corrected chi connectivity index (χ3v) is 9.27. The van der Waals surface area contributed by atoms with E-state index in [-0.39, 0.29) is 43.4 Å². The molecular formula is C34H44N2O7. The van der Waals surface area contributed by atoms with Gasteiger partial charge in [0.25, 0.3) is 0 Å². The van der Waals surface area contributed by atoms with Gasteiger partial charge in [0.05, 0.1) is 24.4 Å². The number of benzene rings is 1. The van der Waals surface area contributed by atoms with Crippen LogP contribution in [0.4, 0.5) is 0 Å². The standard InChI is InChI=1S/C34H44N2O7/c1-33(2,3)43-29(38)17-23-12-7-5-4-6-8-13-24-19-34(24,32(40)41)20-28(37)27-18-25(21-36(27)31(23)39)42-30-26-14-10-9-11-22(26)15-16-35-30/h9-11,14-16,23-25,27H,4-8,12-13,17-21H2,1-3H3,(H,40,41)/t23-,24-,25-,27+,34-/m1/s1. The van der Waals surface area contributed by atoms with E-state index in [1.807, 2.05) is 30.3 Å². The minimum atomic E-state index is -1.06. The summed E-state index contributed by atoms with van der Waals surface area (Å²) in [6.07, 6.45) is 7.67. The number of nitrogens with zero attached hydrogens (tertiary/aromatic N) is 2. The lowest BCUT2D eigenvalue weighted by Crippen LogP contribution is -2.45. The summed E-state index contributed by atoms with van der Waals surface area (Å²) in [6, 6.07) is 8.80. The van der Waals surface area contributed by atoms with Crippen LogP contribution in [0.25, 0.3) is 10.8 Å². The van der Waals surface area contributed by atoms with Crippen LogP contribution in [0.2, 0.25) is 0 Å². The number of hydrogen-bond donors (Lipinski definition) is 1. The molecule has 0 radical (unpaired) electrons. The second-order valence-electron chi connectivity index (χ2n) is 13.7. The number of carboxylic acid groups (broad SMARTS) is 1. The molecule has 1 aliphatic carbocycles. The molecule has 9 heteroatoms. The van der Waals surface area contributed by atoms with Crippen LogP contribution < -0.4 is 4.74 Å². The average molecular weight is 593 g/mol. The van der Waals surface area contributed by atoms with Crippen molar-refractivity contribution in [2.24, 2.45) is 17.3 Å². The van der Waals surface area contributed by atoms with Gasteiger partial charge in [0, 0.05) is 30.3 Å². The monoisotopic (exact) mass is 592 g/mol. The van der Waals surface area contributed by atoms with Gasteiger partial charge in [-0.05, 0) is 63.5 Å². The van der Waals surface area contributed by atoms with Gasteiger partial charge in [-0.15, -0.1) is 0 Å². The van der Waals surface area contributed by atoms with Crippen molar-refractivity contribution in [2.75, 3.05) is 6.54 Å². The molecule has 0 unspecified atom stereocenters. The zero-order chi connectivity index (χ0) is 30.8. The van der Waals surface area contributed by atoms with Gasteiger partial charge in [-0.25, -0.2) is 4.98 Å². The van der Waals surface area contributed by atoms with E-state index in [0.717, 1.165) is 49.3 Å². The van der Waals surface area contributed by atoms with Crippen molar-refractivity contribution in [3.63, 3.8) is 0 Å². The van der Waals surface area contributed by atoms with Crippen molar-refractivity contribution in [1.82, 2.24) is 9.88 Å². The molecule has 1 aromatic carbocycles. The maximum atomic E-state index is 14.2. The number of ketones is 1. The summed E-state index contributed by atoms with van der Waals surface area (Å²) in [5.74, 6) is -2.11. The number of esters is 1. The van der Waals surface area contributed by atoms with E-state index in [9.17, 15) is 24.3 Å². The van der Waals surface area contributed by atoms with E-state index in [1.165, 1.54) is 0 Å². The number of rotatable bonds is 5. The Morgan fingerprint density at radius 2 is 1.77 bits per heavy atom. The first-order valence-corrected chi connectivity index (χ1v) is 15.8. The molecule has 232 valence electrons. The molecule has 1 saturated carbocycles. The van der Waals surface area contributed by atoms with Crippen LogP contribution in [0.3, 0.4) is 0 Å². The maximum Gasteiger partial charge on any atom is 0.310 e. The van der Waals surface area contributed by atoms with E-state index in [2.05, 4.69) is 4.98 Å². The largest absolute Gasteiger partial charge is 0.481 e. The minimum absolute atomic E-state index is 0.0171. The van der Waals surface area contributed by atoms with Crippen molar-refractivity contribution < 1.29 is 33.8 Å². The zero-order valence-electron chi connectivity index (χ0n) is 25.5. The summed E-state index contributed by atoms with van der Waals surface area (Å²) < 4.78 is 11.9. The van der Waals surface area contributed by atoms with Crippen molar-refractivity contribution in [2.45, 2.75) is 109 Å². The molecule has 2 aliphatic heterocycles. The zero-order valence-corrected chi connectivity index (χ0v) is 25.5. The lowest BCUT2D eigenvalue weighted by atomic mass is 9.90. The van der Waals surface area contributed by atoms with E-state index >= 15 is 0 Å². The fourth-order valence-electron chi connectivity index (χ4n) is 6.96. The molecule has 2 aromatic rings. The number of carboxylic acids is 1. The number of fused-ring (bicyclic) bond motifs is 3. The lowest BCUT2D eigenvalue weighted by molar-refractivity contribution is -0.159. The van der Waals surface area contributed by atoms with Gasteiger partial charge in [0.15, 0.2) is 5.78 Å². The third-order valence-electron chi connectivity index (χ3n) is 9.27. The number of ether oxygens (including phenoxy) is 2. The Kier molecular flexibility index (Phi) is 9.09. The van der Waals surface area contributed by atoms with Gasteiger partial charge >= 0.3 is 11.9 Å². The van der Waals surface area contributed by atoms with Crippen LogP contribution in [0.1, 0.15) is 91.4 Å². The first kappa shape index (κ1) is 31.0. The van der Waals surface area contributed by atoms with E-state index in [4.69, 9.17) is 9.47 Å². The molecule has 5 rings (SSSR count). The van der Waals surface area contributed by atoms with Crippen LogP contribution in [-0.2, 0) is 23.9 Å². The van der Waals surface area contributed by atoms with Gasteiger partial charge in [0.1, 0.15) is 11.7 Å². The van der Waals surface area contributed by atoms with Gasteiger partial charge in [0.2, 0.25) is 11.8 Å². The Labute approximate surface area is 253 Å².